The standard InChI is InChI=1S/C16H16N6O2/c23-16(11-5-6-13-19-17-9-21(13)8-11)22-7-1-2-12(22)14-18-15(24-20-14)10-3-4-10/h5-6,8-10,12H,1-4,7H2/t12-/m1/s1. The Bertz CT molecular complexity index is 912. The molecule has 0 spiro atoms. The lowest BCUT2D eigenvalue weighted by atomic mass is 10.2. The van der Waals surface area contributed by atoms with Crippen molar-refractivity contribution < 1.29 is 9.32 Å². The summed E-state index contributed by atoms with van der Waals surface area (Å²) in [5.41, 5.74) is 1.33. The molecule has 2 aliphatic rings. The molecule has 0 aromatic carbocycles. The second-order valence-electron chi connectivity index (χ2n) is 6.44. The highest BCUT2D eigenvalue weighted by atomic mass is 16.5. The summed E-state index contributed by atoms with van der Waals surface area (Å²) in [5.74, 6) is 1.75. The summed E-state index contributed by atoms with van der Waals surface area (Å²) in [5, 5.41) is 11.9. The SMILES string of the molecule is O=C(c1ccc2nncn2c1)N1CCC[C@@H]1c1noc(C2CC2)n1. The van der Waals surface area contributed by atoms with E-state index in [1.54, 1.807) is 29.1 Å². The molecule has 1 aliphatic carbocycles. The molecule has 1 aliphatic heterocycles. The summed E-state index contributed by atoms with van der Waals surface area (Å²) in [7, 11) is 0. The number of aromatic nitrogens is 5. The molecule has 0 bridgehead atoms. The fourth-order valence-electron chi connectivity index (χ4n) is 3.28. The Morgan fingerprint density at radius 2 is 2.17 bits per heavy atom. The molecule has 1 saturated heterocycles. The molecule has 2 fully saturated rings. The highest BCUT2D eigenvalue weighted by Gasteiger charge is 2.36. The van der Waals surface area contributed by atoms with E-state index >= 15 is 0 Å². The molecule has 24 heavy (non-hydrogen) atoms. The van der Waals surface area contributed by atoms with Crippen molar-refractivity contribution in [3.05, 3.63) is 41.9 Å². The van der Waals surface area contributed by atoms with Gasteiger partial charge in [-0.3, -0.25) is 9.20 Å². The number of pyridine rings is 1. The maximum atomic E-state index is 12.9. The average Bonchev–Trinajstić information content (AvgIpc) is 3.06. The lowest BCUT2D eigenvalue weighted by Gasteiger charge is -2.22. The second kappa shape index (κ2) is 5.12. The Kier molecular flexibility index (Phi) is 2.91. The topological polar surface area (TPSA) is 89.4 Å². The third-order valence-electron chi connectivity index (χ3n) is 4.73. The van der Waals surface area contributed by atoms with Crippen molar-refractivity contribution in [2.24, 2.45) is 0 Å². The molecule has 0 N–H and O–H groups in total. The number of carbonyl (C=O) groups is 1. The van der Waals surface area contributed by atoms with Gasteiger partial charge in [0.15, 0.2) is 11.5 Å². The molecule has 8 nitrogen and oxygen atoms in total. The Labute approximate surface area is 137 Å². The quantitative estimate of drug-likeness (QED) is 0.731. The Morgan fingerprint density at radius 1 is 1.25 bits per heavy atom. The van der Waals surface area contributed by atoms with Crippen LogP contribution in [0.15, 0.2) is 29.2 Å². The van der Waals surface area contributed by atoms with Crippen molar-refractivity contribution in [3.8, 4) is 0 Å². The molecule has 8 heteroatoms. The zero-order valence-corrected chi connectivity index (χ0v) is 13.0. The minimum Gasteiger partial charge on any atom is -0.339 e. The number of hydrogen-bond donors (Lipinski definition) is 0. The van der Waals surface area contributed by atoms with Crippen LogP contribution in [0.25, 0.3) is 5.65 Å². The fraction of sp³-hybridized carbons (Fsp3) is 0.438. The number of rotatable bonds is 3. The molecule has 1 saturated carbocycles. The number of amides is 1. The highest BCUT2D eigenvalue weighted by Crippen LogP contribution is 2.40. The zero-order valence-electron chi connectivity index (χ0n) is 13.0. The third-order valence-corrected chi connectivity index (χ3v) is 4.73. The first-order valence-corrected chi connectivity index (χ1v) is 8.23. The lowest BCUT2D eigenvalue weighted by Crippen LogP contribution is -2.31. The molecule has 122 valence electrons. The number of hydrogen-bond acceptors (Lipinski definition) is 6. The van der Waals surface area contributed by atoms with Gasteiger partial charge < -0.3 is 9.42 Å². The normalized spacial score (nSPS) is 20.8. The van der Waals surface area contributed by atoms with Gasteiger partial charge in [-0.25, -0.2) is 0 Å². The Hall–Kier alpha value is -2.77. The maximum absolute atomic E-state index is 12.9. The first-order valence-electron chi connectivity index (χ1n) is 8.23. The van der Waals surface area contributed by atoms with E-state index in [-0.39, 0.29) is 11.9 Å². The van der Waals surface area contributed by atoms with E-state index < -0.39 is 0 Å². The average molecular weight is 324 g/mol. The maximum Gasteiger partial charge on any atom is 0.255 e. The van der Waals surface area contributed by atoms with Crippen molar-refractivity contribution >= 4 is 11.6 Å². The van der Waals surface area contributed by atoms with Crippen LogP contribution in [0.1, 0.15) is 59.7 Å². The minimum atomic E-state index is -0.106. The number of carbonyl (C=O) groups excluding carboxylic acids is 1. The monoisotopic (exact) mass is 324 g/mol. The summed E-state index contributed by atoms with van der Waals surface area (Å²) < 4.78 is 7.11. The van der Waals surface area contributed by atoms with E-state index in [0.717, 1.165) is 37.2 Å². The molecule has 4 heterocycles. The lowest BCUT2D eigenvalue weighted by molar-refractivity contribution is 0.0728. The molecule has 3 aromatic rings. The van der Waals surface area contributed by atoms with Crippen LogP contribution in [0.5, 0.6) is 0 Å². The predicted octanol–water partition coefficient (Wildman–Crippen LogP) is 1.97. The van der Waals surface area contributed by atoms with Crippen LogP contribution >= 0.6 is 0 Å². The van der Waals surface area contributed by atoms with E-state index in [1.807, 2.05) is 4.90 Å². The molecule has 5 rings (SSSR count). The summed E-state index contributed by atoms with van der Waals surface area (Å²) >= 11 is 0. The van der Waals surface area contributed by atoms with Crippen molar-refractivity contribution in [1.29, 1.82) is 0 Å². The molecule has 1 atom stereocenters. The molecular weight excluding hydrogens is 308 g/mol. The van der Waals surface area contributed by atoms with Gasteiger partial charge in [-0.1, -0.05) is 5.16 Å². The highest BCUT2D eigenvalue weighted by molar-refractivity contribution is 5.94. The Morgan fingerprint density at radius 3 is 3.04 bits per heavy atom. The van der Waals surface area contributed by atoms with Gasteiger partial charge in [-0.05, 0) is 37.8 Å². The van der Waals surface area contributed by atoms with Crippen molar-refractivity contribution in [1.82, 2.24) is 29.6 Å². The number of fused-ring (bicyclic) bond motifs is 1. The third kappa shape index (κ3) is 2.17. The van der Waals surface area contributed by atoms with Gasteiger partial charge in [0.2, 0.25) is 5.89 Å². The summed E-state index contributed by atoms with van der Waals surface area (Å²) in [6.45, 7) is 0.705. The number of nitrogens with zero attached hydrogens (tertiary/aromatic N) is 6. The fourth-order valence-corrected chi connectivity index (χ4v) is 3.28. The van der Waals surface area contributed by atoms with Crippen molar-refractivity contribution in [2.75, 3.05) is 6.54 Å². The van der Waals surface area contributed by atoms with E-state index in [4.69, 9.17) is 4.52 Å². The van der Waals surface area contributed by atoms with Gasteiger partial charge >= 0.3 is 0 Å². The van der Waals surface area contributed by atoms with E-state index in [0.29, 0.717) is 23.9 Å². The van der Waals surface area contributed by atoms with Gasteiger partial charge in [0, 0.05) is 18.7 Å². The van der Waals surface area contributed by atoms with E-state index in [1.165, 1.54) is 0 Å². The van der Waals surface area contributed by atoms with Crippen LogP contribution in [0.2, 0.25) is 0 Å². The first kappa shape index (κ1) is 13.6. The van der Waals surface area contributed by atoms with Crippen LogP contribution in [-0.2, 0) is 0 Å². The van der Waals surface area contributed by atoms with Gasteiger partial charge in [-0.15, -0.1) is 10.2 Å². The summed E-state index contributed by atoms with van der Waals surface area (Å²) in [4.78, 5) is 19.3. The van der Waals surface area contributed by atoms with Crippen LogP contribution in [0.3, 0.4) is 0 Å². The molecule has 1 amide bonds. The van der Waals surface area contributed by atoms with Crippen LogP contribution < -0.4 is 0 Å². The zero-order chi connectivity index (χ0) is 16.1. The largest absolute Gasteiger partial charge is 0.339 e. The smallest absolute Gasteiger partial charge is 0.255 e. The Balaban J connectivity index is 1.43. The van der Waals surface area contributed by atoms with Gasteiger partial charge in [-0.2, -0.15) is 4.98 Å². The van der Waals surface area contributed by atoms with Crippen molar-refractivity contribution in [2.45, 2.75) is 37.6 Å². The molecule has 0 radical (unpaired) electrons. The predicted molar refractivity (Wildman–Crippen MR) is 82.3 cm³/mol. The van der Waals surface area contributed by atoms with Gasteiger partial charge in [0.05, 0.1) is 11.6 Å². The van der Waals surface area contributed by atoms with Gasteiger partial charge in [0.25, 0.3) is 5.91 Å². The molecule has 3 aromatic heterocycles. The van der Waals surface area contributed by atoms with Crippen LogP contribution in [0, 0.1) is 0 Å². The molecule has 0 unspecified atom stereocenters. The minimum absolute atomic E-state index is 0.0223. The second-order valence-corrected chi connectivity index (χ2v) is 6.44. The molecular formula is C16H16N6O2. The van der Waals surface area contributed by atoms with Crippen LogP contribution in [-0.4, -0.2) is 42.1 Å². The number of likely N-dealkylation sites (tertiary alicyclic amines) is 1. The summed E-state index contributed by atoms with van der Waals surface area (Å²) in [6.07, 6.45) is 7.40. The summed E-state index contributed by atoms with van der Waals surface area (Å²) in [6, 6.07) is 3.48. The first-order chi connectivity index (χ1) is 11.8. The van der Waals surface area contributed by atoms with E-state index in [2.05, 4.69) is 20.3 Å². The van der Waals surface area contributed by atoms with Crippen LogP contribution in [0.4, 0.5) is 0 Å². The van der Waals surface area contributed by atoms with E-state index in [9.17, 15) is 4.79 Å². The van der Waals surface area contributed by atoms with Gasteiger partial charge in [0.1, 0.15) is 6.33 Å². The van der Waals surface area contributed by atoms with Crippen molar-refractivity contribution in [3.63, 3.8) is 0 Å².